The van der Waals surface area contributed by atoms with Crippen LogP contribution in [0.15, 0.2) is 58.9 Å². The highest BCUT2D eigenvalue weighted by molar-refractivity contribution is 8.00. The number of ether oxygens (including phenoxy) is 1. The predicted octanol–water partition coefficient (Wildman–Crippen LogP) is 5.35. The highest BCUT2D eigenvalue weighted by Crippen LogP contribution is 2.38. The molecule has 0 unspecified atom stereocenters. The molecule has 1 aliphatic carbocycles. The number of aromatic nitrogens is 3. The van der Waals surface area contributed by atoms with Crippen molar-refractivity contribution in [2.24, 2.45) is 0 Å². The molecule has 0 atom stereocenters. The Labute approximate surface area is 205 Å². The number of esters is 1. The van der Waals surface area contributed by atoms with Crippen molar-refractivity contribution in [2.45, 2.75) is 35.9 Å². The number of para-hydroxylation sites is 1. The lowest BCUT2D eigenvalue weighted by molar-refractivity contribution is -0.116. The number of methoxy groups -OCH3 is 1. The average Bonchev–Trinajstić information content (AvgIpc) is 3.58. The van der Waals surface area contributed by atoms with Gasteiger partial charge in [0.1, 0.15) is 0 Å². The second-order valence-corrected chi connectivity index (χ2v) is 10.1. The van der Waals surface area contributed by atoms with Gasteiger partial charge in [0.15, 0.2) is 4.34 Å². The number of pyridine rings is 1. The number of hydrogen-bond acceptors (Lipinski definition) is 8. The Kier molecular flexibility index (Phi) is 6.30. The topological polar surface area (TPSA) is 85.3 Å². The molecule has 4 aromatic rings. The summed E-state index contributed by atoms with van der Waals surface area (Å²) in [6, 6.07) is 17.8. The monoisotopic (exact) mass is 490 g/mol. The van der Waals surface area contributed by atoms with Gasteiger partial charge in [-0.05, 0) is 24.5 Å². The van der Waals surface area contributed by atoms with Crippen molar-refractivity contribution in [3.05, 3.63) is 65.9 Å². The van der Waals surface area contributed by atoms with E-state index in [0.717, 1.165) is 34.9 Å². The number of fused-ring (bicyclic) bond motifs is 1. The molecule has 0 spiro atoms. The molecular formula is C25H22N4O3S2. The van der Waals surface area contributed by atoms with Crippen LogP contribution in [0.1, 0.15) is 35.8 Å². The largest absolute Gasteiger partial charge is 0.465 e. The summed E-state index contributed by atoms with van der Waals surface area (Å²) in [6.07, 6.45) is 1.99. The highest BCUT2D eigenvalue weighted by Gasteiger charge is 2.34. The van der Waals surface area contributed by atoms with E-state index < -0.39 is 5.97 Å². The summed E-state index contributed by atoms with van der Waals surface area (Å²) in [5.41, 5.74) is 3.61. The molecule has 172 valence electrons. The Morgan fingerprint density at radius 3 is 2.53 bits per heavy atom. The van der Waals surface area contributed by atoms with Crippen LogP contribution < -0.4 is 4.90 Å². The second kappa shape index (κ2) is 9.52. The molecule has 2 heterocycles. The maximum Gasteiger partial charge on any atom is 0.340 e. The third-order valence-electron chi connectivity index (χ3n) is 5.60. The zero-order valence-corrected chi connectivity index (χ0v) is 20.4. The Hall–Kier alpha value is -3.30. The molecule has 2 aromatic carbocycles. The lowest BCUT2D eigenvalue weighted by atomic mass is 9.94. The second-order valence-electron chi connectivity index (χ2n) is 7.94. The molecule has 1 fully saturated rings. The number of hydrogen-bond donors (Lipinski definition) is 0. The van der Waals surface area contributed by atoms with Gasteiger partial charge in [0, 0.05) is 29.7 Å². The predicted molar refractivity (Wildman–Crippen MR) is 134 cm³/mol. The van der Waals surface area contributed by atoms with Gasteiger partial charge in [-0.2, -0.15) is 0 Å². The van der Waals surface area contributed by atoms with Crippen LogP contribution in [0, 0.1) is 0 Å². The van der Waals surface area contributed by atoms with Gasteiger partial charge in [-0.3, -0.25) is 14.7 Å². The normalized spacial score (nSPS) is 13.1. The van der Waals surface area contributed by atoms with Gasteiger partial charge < -0.3 is 4.74 Å². The van der Waals surface area contributed by atoms with Gasteiger partial charge in [0.2, 0.25) is 11.0 Å². The van der Waals surface area contributed by atoms with Crippen molar-refractivity contribution < 1.29 is 14.3 Å². The summed E-state index contributed by atoms with van der Waals surface area (Å²) in [4.78, 5) is 31.6. The highest BCUT2D eigenvalue weighted by atomic mass is 32.2. The molecule has 1 aliphatic rings. The first kappa shape index (κ1) is 22.5. The Bertz CT molecular complexity index is 1370. The number of nitrogens with zero attached hydrogens (tertiary/aromatic N) is 4. The van der Waals surface area contributed by atoms with Gasteiger partial charge >= 0.3 is 5.97 Å². The summed E-state index contributed by atoms with van der Waals surface area (Å²) in [5.74, 6) is -0.0400. The molecule has 5 rings (SSSR count). The summed E-state index contributed by atoms with van der Waals surface area (Å²) >= 11 is 2.83. The quantitative estimate of drug-likeness (QED) is 0.196. The lowest BCUT2D eigenvalue weighted by Gasteiger charge is -2.16. The number of rotatable bonds is 7. The van der Waals surface area contributed by atoms with Gasteiger partial charge in [0.05, 0.1) is 23.9 Å². The average molecular weight is 491 g/mol. The zero-order valence-electron chi connectivity index (χ0n) is 18.7. The van der Waals surface area contributed by atoms with E-state index in [4.69, 9.17) is 9.72 Å². The van der Waals surface area contributed by atoms with Gasteiger partial charge in [-0.1, -0.05) is 71.6 Å². The first-order valence-electron chi connectivity index (χ1n) is 10.9. The lowest BCUT2D eigenvalue weighted by Crippen LogP contribution is -2.30. The number of thioether (sulfide) groups is 1. The van der Waals surface area contributed by atoms with Crippen molar-refractivity contribution in [1.29, 1.82) is 0 Å². The van der Waals surface area contributed by atoms with Crippen molar-refractivity contribution in [2.75, 3.05) is 12.0 Å². The van der Waals surface area contributed by atoms with Crippen molar-refractivity contribution in [1.82, 2.24) is 15.2 Å². The number of amides is 1. The SMILES string of the molecule is COC(=O)c1c(CSc2nnc(N(C(C)=O)C3CC3)s2)nc2ccccc2c1-c1ccccc1. The number of benzene rings is 2. The molecule has 34 heavy (non-hydrogen) atoms. The molecule has 0 saturated heterocycles. The fourth-order valence-electron chi connectivity index (χ4n) is 3.96. The first-order valence-corrected chi connectivity index (χ1v) is 12.7. The maximum absolute atomic E-state index is 13.0. The van der Waals surface area contributed by atoms with Crippen LogP contribution in [-0.4, -0.2) is 40.2 Å². The summed E-state index contributed by atoms with van der Waals surface area (Å²) < 4.78 is 5.89. The van der Waals surface area contributed by atoms with Crippen molar-refractivity contribution in [3.8, 4) is 11.1 Å². The first-order chi connectivity index (χ1) is 16.6. The van der Waals surface area contributed by atoms with Crippen LogP contribution in [-0.2, 0) is 15.3 Å². The summed E-state index contributed by atoms with van der Waals surface area (Å²) in [6.45, 7) is 1.55. The van der Waals surface area contributed by atoms with Crippen LogP contribution in [0.2, 0.25) is 0 Å². The summed E-state index contributed by atoms with van der Waals surface area (Å²) in [7, 11) is 1.38. The molecule has 0 N–H and O–H groups in total. The van der Waals surface area contributed by atoms with E-state index in [2.05, 4.69) is 10.2 Å². The minimum absolute atomic E-state index is 0.0214. The molecule has 0 aliphatic heterocycles. The Morgan fingerprint density at radius 2 is 1.82 bits per heavy atom. The van der Waals surface area contributed by atoms with Crippen LogP contribution in [0.5, 0.6) is 0 Å². The minimum atomic E-state index is -0.429. The van der Waals surface area contributed by atoms with Gasteiger partial charge in [-0.15, -0.1) is 10.2 Å². The van der Waals surface area contributed by atoms with E-state index in [1.807, 2.05) is 54.6 Å². The van der Waals surface area contributed by atoms with Crippen molar-refractivity contribution >= 4 is 51.0 Å². The smallest absolute Gasteiger partial charge is 0.340 e. The van der Waals surface area contributed by atoms with Crippen LogP contribution in [0.25, 0.3) is 22.0 Å². The molecule has 7 nitrogen and oxygen atoms in total. The standard InChI is InChI=1S/C25H22N4O3S2/c1-15(30)29(17-12-13-17)24-27-28-25(34-24)33-14-20-22(23(31)32-2)21(16-8-4-3-5-9-16)18-10-6-7-11-19(18)26-20/h3-11,17H,12-14H2,1-2H3. The summed E-state index contributed by atoms with van der Waals surface area (Å²) in [5, 5.41) is 10.0. The fraction of sp³-hybridized carbons (Fsp3) is 0.240. The third kappa shape index (κ3) is 4.41. The van der Waals surface area contributed by atoms with E-state index in [1.54, 1.807) is 11.8 Å². The molecule has 0 radical (unpaired) electrons. The maximum atomic E-state index is 13.0. The molecule has 1 amide bonds. The minimum Gasteiger partial charge on any atom is -0.465 e. The Morgan fingerprint density at radius 1 is 1.09 bits per heavy atom. The molecule has 1 saturated carbocycles. The van der Waals surface area contributed by atoms with Crippen LogP contribution >= 0.6 is 23.1 Å². The van der Waals surface area contributed by atoms with E-state index in [-0.39, 0.29) is 11.9 Å². The molecule has 0 bridgehead atoms. The Balaban J connectivity index is 1.54. The zero-order chi connectivity index (χ0) is 23.7. The third-order valence-corrected chi connectivity index (χ3v) is 7.67. The number of anilines is 1. The molecular weight excluding hydrogens is 468 g/mol. The molecule has 9 heteroatoms. The van der Waals surface area contributed by atoms with E-state index in [9.17, 15) is 9.59 Å². The van der Waals surface area contributed by atoms with Crippen LogP contribution in [0.4, 0.5) is 5.13 Å². The fourth-order valence-corrected chi connectivity index (χ4v) is 5.86. The molecule has 2 aromatic heterocycles. The van der Waals surface area contributed by atoms with E-state index >= 15 is 0 Å². The van der Waals surface area contributed by atoms with Gasteiger partial charge in [0.25, 0.3) is 0 Å². The van der Waals surface area contributed by atoms with Crippen LogP contribution in [0.3, 0.4) is 0 Å². The number of carbonyl (C=O) groups is 2. The van der Waals surface area contributed by atoms with E-state index in [1.165, 1.54) is 30.2 Å². The van der Waals surface area contributed by atoms with Gasteiger partial charge in [-0.25, -0.2) is 4.79 Å². The van der Waals surface area contributed by atoms with E-state index in [0.29, 0.717) is 26.5 Å². The van der Waals surface area contributed by atoms with Crippen molar-refractivity contribution in [3.63, 3.8) is 0 Å². The number of carbonyl (C=O) groups excluding carboxylic acids is 2.